The molecule has 1 unspecified atom stereocenters. The van der Waals surface area contributed by atoms with Crippen LogP contribution in [0.2, 0.25) is 15.1 Å². The van der Waals surface area contributed by atoms with Gasteiger partial charge in [-0.1, -0.05) is 41.2 Å². The minimum absolute atomic E-state index is 0.0174. The van der Waals surface area contributed by atoms with Crippen molar-refractivity contribution in [1.29, 1.82) is 0 Å². The highest BCUT2D eigenvalue weighted by molar-refractivity contribution is 7.92. The first-order valence-electron chi connectivity index (χ1n) is 6.26. The van der Waals surface area contributed by atoms with Crippen LogP contribution in [0.5, 0.6) is 0 Å². The summed E-state index contributed by atoms with van der Waals surface area (Å²) in [6.45, 7) is 0.855. The Morgan fingerprint density at radius 1 is 1.15 bits per heavy atom. The zero-order valence-corrected chi connectivity index (χ0v) is 13.7. The molecule has 8 heteroatoms. The number of anilines is 1. The molecule has 0 saturated carbocycles. The van der Waals surface area contributed by atoms with Crippen LogP contribution >= 0.6 is 34.8 Å². The Kier molecular flexibility index (Phi) is 5.42. The number of sulfonamides is 1. The second-order valence-corrected chi connectivity index (χ2v) is 7.77. The van der Waals surface area contributed by atoms with Crippen molar-refractivity contribution in [2.24, 2.45) is 0 Å². The van der Waals surface area contributed by atoms with E-state index >= 15 is 0 Å². The number of hydrogen-bond donors (Lipinski definition) is 2. The molecule has 4 nitrogen and oxygen atoms in total. The van der Waals surface area contributed by atoms with E-state index in [0.29, 0.717) is 0 Å². The highest BCUT2D eigenvalue weighted by Gasteiger charge is 2.22. The summed E-state index contributed by atoms with van der Waals surface area (Å²) in [6, 6.07) is 2.81. The van der Waals surface area contributed by atoms with Gasteiger partial charge in [-0.25, -0.2) is 8.42 Å². The second kappa shape index (κ2) is 6.71. The Morgan fingerprint density at radius 2 is 1.85 bits per heavy atom. The molecule has 0 aromatic heterocycles. The quantitative estimate of drug-likeness (QED) is 0.810. The van der Waals surface area contributed by atoms with Crippen LogP contribution in [0.1, 0.15) is 19.3 Å². The molecular weight excluding hydrogens is 343 g/mol. The minimum atomic E-state index is -3.49. The summed E-state index contributed by atoms with van der Waals surface area (Å²) in [4.78, 5) is 0. The van der Waals surface area contributed by atoms with Gasteiger partial charge in [0.2, 0.25) is 10.0 Å². The summed E-state index contributed by atoms with van der Waals surface area (Å²) in [5, 5.41) is 3.96. The van der Waals surface area contributed by atoms with Crippen LogP contribution < -0.4 is 10.0 Å². The minimum Gasteiger partial charge on any atom is -0.313 e. The largest absolute Gasteiger partial charge is 0.313 e. The van der Waals surface area contributed by atoms with E-state index in [1.165, 1.54) is 12.1 Å². The van der Waals surface area contributed by atoms with Gasteiger partial charge in [0.05, 0.1) is 26.5 Å². The number of hydrogen-bond acceptors (Lipinski definition) is 3. The summed E-state index contributed by atoms with van der Waals surface area (Å²) < 4.78 is 26.7. The van der Waals surface area contributed by atoms with Crippen molar-refractivity contribution >= 4 is 50.5 Å². The Morgan fingerprint density at radius 3 is 2.50 bits per heavy atom. The lowest BCUT2D eigenvalue weighted by Crippen LogP contribution is -2.40. The van der Waals surface area contributed by atoms with E-state index in [2.05, 4.69) is 10.0 Å². The first kappa shape index (κ1) is 16.2. The summed E-state index contributed by atoms with van der Waals surface area (Å²) in [5.74, 6) is 0.0174. The van der Waals surface area contributed by atoms with Gasteiger partial charge in [0.25, 0.3) is 0 Å². The molecule has 2 rings (SSSR count). The van der Waals surface area contributed by atoms with Crippen molar-refractivity contribution in [3.8, 4) is 0 Å². The fourth-order valence-electron chi connectivity index (χ4n) is 2.14. The molecule has 1 aromatic carbocycles. The van der Waals surface area contributed by atoms with E-state index in [1.54, 1.807) is 0 Å². The van der Waals surface area contributed by atoms with Crippen molar-refractivity contribution in [1.82, 2.24) is 5.32 Å². The summed E-state index contributed by atoms with van der Waals surface area (Å²) in [7, 11) is -3.49. The van der Waals surface area contributed by atoms with Crippen LogP contribution in [0, 0.1) is 0 Å². The molecular formula is C12H15Cl3N2O2S. The average molecular weight is 358 g/mol. The molecule has 1 saturated heterocycles. The van der Waals surface area contributed by atoms with Gasteiger partial charge in [-0.3, -0.25) is 4.72 Å². The molecule has 1 fully saturated rings. The molecule has 2 N–H and O–H groups in total. The monoisotopic (exact) mass is 356 g/mol. The SMILES string of the molecule is O=S(=O)(CC1CCCCN1)Nc1cc(Cl)c(Cl)cc1Cl. The fraction of sp³-hybridized carbons (Fsp3) is 0.500. The van der Waals surface area contributed by atoms with Gasteiger partial charge in [0, 0.05) is 6.04 Å². The van der Waals surface area contributed by atoms with Gasteiger partial charge >= 0.3 is 0 Å². The molecule has 0 spiro atoms. The van der Waals surface area contributed by atoms with Crippen LogP contribution in [0.15, 0.2) is 12.1 Å². The summed E-state index contributed by atoms with van der Waals surface area (Å²) >= 11 is 17.6. The van der Waals surface area contributed by atoms with Gasteiger partial charge in [0.1, 0.15) is 0 Å². The Bertz CT molecular complexity index is 587. The van der Waals surface area contributed by atoms with E-state index in [1.807, 2.05) is 0 Å². The summed E-state index contributed by atoms with van der Waals surface area (Å²) in [6.07, 6.45) is 2.99. The van der Waals surface area contributed by atoms with Crippen LogP contribution in [0.3, 0.4) is 0 Å². The molecule has 1 atom stereocenters. The normalized spacial score (nSPS) is 19.9. The van der Waals surface area contributed by atoms with Crippen molar-refractivity contribution in [2.75, 3.05) is 17.0 Å². The molecule has 20 heavy (non-hydrogen) atoms. The number of nitrogens with one attached hydrogen (secondary N) is 2. The third-order valence-corrected chi connectivity index (χ3v) is 5.52. The van der Waals surface area contributed by atoms with Crippen molar-refractivity contribution < 1.29 is 8.42 Å². The van der Waals surface area contributed by atoms with E-state index in [9.17, 15) is 8.42 Å². The Balaban J connectivity index is 2.09. The lowest BCUT2D eigenvalue weighted by molar-refractivity contribution is 0.424. The molecule has 112 valence electrons. The number of rotatable bonds is 4. The first-order chi connectivity index (χ1) is 9.37. The molecule has 1 aromatic rings. The predicted octanol–water partition coefficient (Wildman–Crippen LogP) is 3.53. The highest BCUT2D eigenvalue weighted by atomic mass is 35.5. The molecule has 0 radical (unpaired) electrons. The first-order valence-corrected chi connectivity index (χ1v) is 9.04. The zero-order chi connectivity index (χ0) is 14.8. The standard InChI is InChI=1S/C12H15Cl3N2O2S/c13-9-5-11(15)12(6-10(9)14)17-20(18,19)7-8-3-1-2-4-16-8/h5-6,8,16-17H,1-4,7H2. The van der Waals surface area contributed by atoms with Gasteiger partial charge in [0.15, 0.2) is 0 Å². The van der Waals surface area contributed by atoms with Crippen LogP contribution in [0.4, 0.5) is 5.69 Å². The number of halogens is 3. The topological polar surface area (TPSA) is 58.2 Å². The third-order valence-electron chi connectivity index (χ3n) is 3.11. The van der Waals surface area contributed by atoms with Gasteiger partial charge in [-0.05, 0) is 31.5 Å². The van der Waals surface area contributed by atoms with E-state index in [0.717, 1.165) is 25.8 Å². The highest BCUT2D eigenvalue weighted by Crippen LogP contribution is 2.32. The molecule has 0 aliphatic carbocycles. The molecule has 1 aliphatic heterocycles. The van der Waals surface area contributed by atoms with Gasteiger partial charge < -0.3 is 5.32 Å². The third kappa shape index (κ3) is 4.40. The smallest absolute Gasteiger partial charge is 0.234 e. The van der Waals surface area contributed by atoms with E-state index in [-0.39, 0.29) is 32.5 Å². The van der Waals surface area contributed by atoms with Crippen molar-refractivity contribution in [3.63, 3.8) is 0 Å². The average Bonchev–Trinajstić information content (AvgIpc) is 2.36. The lowest BCUT2D eigenvalue weighted by Gasteiger charge is -2.23. The van der Waals surface area contributed by atoms with Gasteiger partial charge in [-0.15, -0.1) is 0 Å². The Hall–Kier alpha value is -0.200. The Labute approximate surface area is 133 Å². The van der Waals surface area contributed by atoms with E-state index in [4.69, 9.17) is 34.8 Å². The number of piperidine rings is 1. The van der Waals surface area contributed by atoms with Crippen molar-refractivity contribution in [3.05, 3.63) is 27.2 Å². The maximum Gasteiger partial charge on any atom is 0.234 e. The van der Waals surface area contributed by atoms with Crippen LogP contribution in [0.25, 0.3) is 0 Å². The molecule has 0 amide bonds. The van der Waals surface area contributed by atoms with Crippen LogP contribution in [-0.2, 0) is 10.0 Å². The van der Waals surface area contributed by atoms with Crippen LogP contribution in [-0.4, -0.2) is 26.8 Å². The maximum atomic E-state index is 12.1. The van der Waals surface area contributed by atoms with Crippen molar-refractivity contribution in [2.45, 2.75) is 25.3 Å². The number of benzene rings is 1. The lowest BCUT2D eigenvalue weighted by atomic mass is 10.1. The second-order valence-electron chi connectivity index (χ2n) is 4.78. The molecule has 0 bridgehead atoms. The van der Waals surface area contributed by atoms with E-state index < -0.39 is 10.0 Å². The predicted molar refractivity (Wildman–Crippen MR) is 84.5 cm³/mol. The summed E-state index contributed by atoms with van der Waals surface area (Å²) in [5.41, 5.74) is 0.247. The fourth-order valence-corrected chi connectivity index (χ4v) is 4.19. The molecule has 1 heterocycles. The maximum absolute atomic E-state index is 12.1. The zero-order valence-electron chi connectivity index (χ0n) is 10.6. The molecule has 1 aliphatic rings. The van der Waals surface area contributed by atoms with Gasteiger partial charge in [-0.2, -0.15) is 0 Å².